The van der Waals surface area contributed by atoms with Crippen molar-refractivity contribution < 1.29 is 23.1 Å². The van der Waals surface area contributed by atoms with Crippen LogP contribution in [0.1, 0.15) is 10.5 Å². The number of H-pyrrole nitrogens is 1. The Kier molecular flexibility index (Phi) is 4.56. The molecule has 24 heavy (non-hydrogen) atoms. The van der Waals surface area contributed by atoms with Gasteiger partial charge in [-0.3, -0.25) is 4.79 Å². The molecule has 1 saturated heterocycles. The van der Waals surface area contributed by atoms with Crippen LogP contribution in [0.5, 0.6) is 5.75 Å². The molecular weight excluding hydrogens is 334 g/mol. The Morgan fingerprint density at radius 1 is 1.25 bits per heavy atom. The molecule has 0 aliphatic carbocycles. The Hall–Kier alpha value is -2.36. The molecule has 1 fully saturated rings. The first-order valence-electron chi connectivity index (χ1n) is 7.34. The summed E-state index contributed by atoms with van der Waals surface area (Å²) in [6.07, 6.45) is 1.28. The van der Waals surface area contributed by atoms with E-state index < -0.39 is 15.9 Å². The van der Waals surface area contributed by atoms with Gasteiger partial charge in [0.1, 0.15) is 16.3 Å². The number of carbonyl (C=O) groups is 1. The van der Waals surface area contributed by atoms with Gasteiger partial charge in [-0.25, -0.2) is 8.42 Å². The number of phenols is 1. The number of hydrogen-bond donors (Lipinski definition) is 3. The van der Waals surface area contributed by atoms with E-state index in [1.54, 1.807) is 18.2 Å². The summed E-state index contributed by atoms with van der Waals surface area (Å²) in [6, 6.07) is 7.56. The lowest BCUT2D eigenvalue weighted by molar-refractivity contribution is 0.0730. The van der Waals surface area contributed by atoms with Gasteiger partial charge in [0.2, 0.25) is 10.0 Å². The lowest BCUT2D eigenvalue weighted by atomic mass is 10.3. The molecule has 1 aliphatic rings. The number of phenolic OH excluding ortho intramolecular Hbond substituents is 1. The van der Waals surface area contributed by atoms with Gasteiger partial charge in [0.25, 0.3) is 5.91 Å². The third-order valence-corrected chi connectivity index (χ3v) is 5.54. The number of rotatable bonds is 4. The number of ether oxygens (including phenoxy) is 1. The van der Waals surface area contributed by atoms with Gasteiger partial charge in [0.15, 0.2) is 0 Å². The average Bonchev–Trinajstić information content (AvgIpc) is 3.09. The largest absolute Gasteiger partial charge is 0.506 e. The smallest absolute Gasteiger partial charge is 0.272 e. The first kappa shape index (κ1) is 16.5. The number of morpholine rings is 1. The number of nitrogens with zero attached hydrogens (tertiary/aromatic N) is 1. The predicted molar refractivity (Wildman–Crippen MR) is 86.4 cm³/mol. The van der Waals surface area contributed by atoms with Crippen LogP contribution in [0.2, 0.25) is 0 Å². The second-order valence-corrected chi connectivity index (χ2v) is 7.17. The Bertz CT molecular complexity index is 840. The monoisotopic (exact) mass is 351 g/mol. The number of amides is 1. The third-order valence-electron chi connectivity index (χ3n) is 3.66. The van der Waals surface area contributed by atoms with E-state index in [1.165, 1.54) is 22.6 Å². The summed E-state index contributed by atoms with van der Waals surface area (Å²) in [5.41, 5.74) is 0.333. The molecule has 0 unspecified atom stereocenters. The summed E-state index contributed by atoms with van der Waals surface area (Å²) >= 11 is 0. The van der Waals surface area contributed by atoms with Crippen LogP contribution in [0.25, 0.3) is 0 Å². The first-order chi connectivity index (χ1) is 11.5. The molecular formula is C15H17N3O5S. The summed E-state index contributed by atoms with van der Waals surface area (Å²) in [7, 11) is -3.66. The van der Waals surface area contributed by atoms with Crippen molar-refractivity contribution in [3.05, 3.63) is 42.2 Å². The Balaban J connectivity index is 1.77. The highest BCUT2D eigenvalue weighted by atomic mass is 32.2. The maximum atomic E-state index is 12.5. The van der Waals surface area contributed by atoms with Crippen LogP contribution in [0, 0.1) is 0 Å². The van der Waals surface area contributed by atoms with Crippen LogP contribution in [-0.2, 0) is 14.8 Å². The minimum atomic E-state index is -3.66. The molecule has 1 aliphatic heterocycles. The van der Waals surface area contributed by atoms with Gasteiger partial charge in [0, 0.05) is 19.3 Å². The number of benzene rings is 1. The van der Waals surface area contributed by atoms with Gasteiger partial charge in [-0.05, 0) is 18.2 Å². The molecule has 1 aromatic carbocycles. The molecule has 0 atom stereocenters. The fourth-order valence-electron chi connectivity index (χ4n) is 2.36. The molecule has 0 bridgehead atoms. The maximum absolute atomic E-state index is 12.5. The molecule has 2 aromatic rings. The molecule has 9 heteroatoms. The molecule has 8 nitrogen and oxygen atoms in total. The molecule has 3 rings (SSSR count). The van der Waals surface area contributed by atoms with E-state index in [2.05, 4.69) is 10.3 Å². The summed E-state index contributed by atoms with van der Waals surface area (Å²) < 4.78 is 31.5. The van der Waals surface area contributed by atoms with E-state index >= 15 is 0 Å². The highest BCUT2D eigenvalue weighted by Crippen LogP contribution is 2.23. The van der Waals surface area contributed by atoms with Crippen molar-refractivity contribution in [3.63, 3.8) is 0 Å². The highest BCUT2D eigenvalue weighted by Gasteiger charge is 2.28. The van der Waals surface area contributed by atoms with Crippen molar-refractivity contribution in [2.75, 3.05) is 31.6 Å². The lowest BCUT2D eigenvalue weighted by Gasteiger charge is -2.25. The molecule has 1 aromatic heterocycles. The number of carbonyl (C=O) groups excluding carboxylic acids is 1. The molecule has 0 spiro atoms. The van der Waals surface area contributed by atoms with Gasteiger partial charge in [0.05, 0.1) is 18.9 Å². The van der Waals surface area contributed by atoms with Gasteiger partial charge in [-0.15, -0.1) is 0 Å². The van der Waals surface area contributed by atoms with E-state index in [0.717, 1.165) is 0 Å². The highest BCUT2D eigenvalue weighted by molar-refractivity contribution is 7.89. The average molecular weight is 351 g/mol. The van der Waals surface area contributed by atoms with E-state index in [0.29, 0.717) is 13.2 Å². The van der Waals surface area contributed by atoms with E-state index in [4.69, 9.17) is 4.74 Å². The third kappa shape index (κ3) is 3.28. The fraction of sp³-hybridized carbons (Fsp3) is 0.267. The van der Waals surface area contributed by atoms with Crippen LogP contribution in [0.15, 0.2) is 41.4 Å². The maximum Gasteiger partial charge on any atom is 0.272 e. The predicted octanol–water partition coefficient (Wildman–Crippen LogP) is 0.993. The van der Waals surface area contributed by atoms with Crippen LogP contribution in [0.3, 0.4) is 0 Å². The summed E-state index contributed by atoms with van der Waals surface area (Å²) in [5, 5.41) is 12.2. The number of para-hydroxylation sites is 2. The number of aromatic hydroxyl groups is 1. The van der Waals surface area contributed by atoms with Crippen molar-refractivity contribution in [1.82, 2.24) is 9.29 Å². The van der Waals surface area contributed by atoms with Crippen molar-refractivity contribution in [2.45, 2.75) is 4.90 Å². The summed E-state index contributed by atoms with van der Waals surface area (Å²) in [6.45, 7) is 1.27. The van der Waals surface area contributed by atoms with Crippen LogP contribution >= 0.6 is 0 Å². The molecule has 3 N–H and O–H groups in total. The second kappa shape index (κ2) is 6.63. The molecule has 1 amide bonds. The Labute approximate surface area is 139 Å². The van der Waals surface area contributed by atoms with Crippen molar-refractivity contribution in [2.24, 2.45) is 0 Å². The zero-order valence-electron chi connectivity index (χ0n) is 12.7. The van der Waals surface area contributed by atoms with Gasteiger partial charge >= 0.3 is 0 Å². The number of aromatic nitrogens is 1. The topological polar surface area (TPSA) is 112 Å². The molecule has 2 heterocycles. The number of nitrogens with one attached hydrogen (secondary N) is 2. The normalized spacial score (nSPS) is 16.0. The number of aromatic amines is 1. The zero-order valence-corrected chi connectivity index (χ0v) is 13.5. The van der Waals surface area contributed by atoms with Crippen LogP contribution < -0.4 is 5.32 Å². The van der Waals surface area contributed by atoms with E-state index in [-0.39, 0.29) is 35.1 Å². The second-order valence-electron chi connectivity index (χ2n) is 5.24. The number of anilines is 1. The van der Waals surface area contributed by atoms with Crippen molar-refractivity contribution >= 4 is 21.6 Å². The molecule has 0 saturated carbocycles. The van der Waals surface area contributed by atoms with Crippen LogP contribution in [0.4, 0.5) is 5.69 Å². The van der Waals surface area contributed by atoms with E-state index in [9.17, 15) is 18.3 Å². The fourth-order valence-corrected chi connectivity index (χ4v) is 3.76. The molecule has 128 valence electrons. The minimum absolute atomic E-state index is 0.0202. The first-order valence-corrected chi connectivity index (χ1v) is 8.78. The van der Waals surface area contributed by atoms with Crippen molar-refractivity contribution in [1.29, 1.82) is 0 Å². The molecule has 0 radical (unpaired) electrons. The Morgan fingerprint density at radius 2 is 1.96 bits per heavy atom. The van der Waals surface area contributed by atoms with Gasteiger partial charge in [-0.2, -0.15) is 4.31 Å². The summed E-state index contributed by atoms with van der Waals surface area (Å²) in [4.78, 5) is 14.9. The Morgan fingerprint density at radius 3 is 2.67 bits per heavy atom. The van der Waals surface area contributed by atoms with Crippen LogP contribution in [-0.4, -0.2) is 55.0 Å². The number of hydrogen-bond acceptors (Lipinski definition) is 5. The summed E-state index contributed by atoms with van der Waals surface area (Å²) in [5.74, 6) is -0.613. The lowest BCUT2D eigenvalue weighted by Crippen LogP contribution is -2.40. The van der Waals surface area contributed by atoms with Crippen molar-refractivity contribution in [3.8, 4) is 5.75 Å². The SMILES string of the molecule is O=C(Nc1ccccc1O)c1cc(S(=O)(=O)N2CCOCC2)c[nH]1. The van der Waals surface area contributed by atoms with Gasteiger partial charge < -0.3 is 20.1 Å². The minimum Gasteiger partial charge on any atom is -0.506 e. The van der Waals surface area contributed by atoms with Gasteiger partial charge in [-0.1, -0.05) is 12.1 Å². The number of sulfonamides is 1. The quantitative estimate of drug-likeness (QED) is 0.711. The van der Waals surface area contributed by atoms with E-state index in [1.807, 2.05) is 0 Å². The zero-order chi connectivity index (χ0) is 17.2. The standard InChI is InChI=1S/C15H17N3O5S/c19-14-4-2-1-3-12(14)17-15(20)13-9-11(10-16-13)24(21,22)18-5-7-23-8-6-18/h1-4,9-10,16,19H,5-8H2,(H,17,20).